The van der Waals surface area contributed by atoms with Gasteiger partial charge in [-0.1, -0.05) is 27.4 Å². The van der Waals surface area contributed by atoms with Gasteiger partial charge in [-0.2, -0.15) is 0 Å². The Morgan fingerprint density at radius 3 is 2.20 bits per heavy atom. The summed E-state index contributed by atoms with van der Waals surface area (Å²) in [5.41, 5.74) is -7.63. The van der Waals surface area contributed by atoms with Gasteiger partial charge >= 0.3 is 29.8 Å². The van der Waals surface area contributed by atoms with Gasteiger partial charge in [-0.3, -0.25) is 28.8 Å². The van der Waals surface area contributed by atoms with E-state index in [9.17, 15) is 24.0 Å². The highest BCUT2D eigenvalue weighted by atomic mass is 16.6. The van der Waals surface area contributed by atoms with Crippen LogP contribution in [0.4, 0.5) is 0 Å². The molecular formula is C33H40O13. The maximum atomic E-state index is 15.5. The number of cyclic esters (lactones) is 1. The fourth-order valence-corrected chi connectivity index (χ4v) is 8.93. The van der Waals surface area contributed by atoms with Crippen LogP contribution in [-0.4, -0.2) is 72.3 Å². The predicted molar refractivity (Wildman–Crippen MR) is 154 cm³/mol. The molecule has 1 aromatic rings. The van der Waals surface area contributed by atoms with Crippen molar-refractivity contribution in [3.8, 4) is 0 Å². The van der Waals surface area contributed by atoms with Crippen molar-refractivity contribution in [2.45, 2.75) is 103 Å². The molecule has 2 bridgehead atoms. The number of esters is 5. The zero-order valence-corrected chi connectivity index (χ0v) is 27.3. The molecule has 250 valence electrons. The summed E-state index contributed by atoms with van der Waals surface area (Å²) in [5, 5.41) is 0. The molecule has 3 heterocycles. The van der Waals surface area contributed by atoms with E-state index in [4.69, 9.17) is 32.8 Å². The number of hydrogen-bond donors (Lipinski definition) is 0. The average Bonchev–Trinajstić information content (AvgIpc) is 3.53. The molecule has 0 unspecified atom stereocenters. The average molecular weight is 645 g/mol. The molecule has 2 saturated heterocycles. The molecule has 2 aliphatic heterocycles. The van der Waals surface area contributed by atoms with Crippen LogP contribution in [0, 0.1) is 22.2 Å². The van der Waals surface area contributed by atoms with Gasteiger partial charge in [-0.25, -0.2) is 0 Å². The molecule has 0 N–H and O–H groups in total. The van der Waals surface area contributed by atoms with E-state index in [0.29, 0.717) is 5.56 Å². The first-order chi connectivity index (χ1) is 21.3. The van der Waals surface area contributed by atoms with Gasteiger partial charge in [0.1, 0.15) is 23.9 Å². The van der Waals surface area contributed by atoms with Crippen LogP contribution in [0.15, 0.2) is 35.2 Å². The number of carbonyl (C=O) groups is 6. The van der Waals surface area contributed by atoms with Crippen molar-refractivity contribution in [1.82, 2.24) is 0 Å². The maximum absolute atomic E-state index is 15.5. The Morgan fingerprint density at radius 2 is 1.65 bits per heavy atom. The number of Topliss-reactive ketones (excluding diaryl/α,β-unsaturated/α-hetero) is 1. The lowest BCUT2D eigenvalue weighted by Gasteiger charge is -2.61. The Kier molecular flexibility index (Phi) is 7.82. The quantitative estimate of drug-likeness (QED) is 0.251. The highest BCUT2D eigenvalue weighted by molar-refractivity contribution is 6.01. The van der Waals surface area contributed by atoms with Gasteiger partial charge in [-0.05, 0) is 18.9 Å². The van der Waals surface area contributed by atoms with Crippen molar-refractivity contribution in [3.05, 3.63) is 36.3 Å². The topological polar surface area (TPSA) is 171 Å². The molecule has 46 heavy (non-hydrogen) atoms. The van der Waals surface area contributed by atoms with Gasteiger partial charge in [0.25, 0.3) is 0 Å². The summed E-state index contributed by atoms with van der Waals surface area (Å²) in [6, 6.07) is 1.61. The lowest BCUT2D eigenvalue weighted by molar-refractivity contribution is -0.291. The van der Waals surface area contributed by atoms with Crippen molar-refractivity contribution < 1.29 is 61.6 Å². The predicted octanol–water partition coefficient (Wildman–Crippen LogP) is 3.33. The van der Waals surface area contributed by atoms with E-state index >= 15 is 4.79 Å². The number of furan rings is 1. The van der Waals surface area contributed by atoms with Crippen molar-refractivity contribution in [2.24, 2.45) is 22.2 Å². The van der Waals surface area contributed by atoms with Crippen LogP contribution in [0.25, 0.3) is 0 Å². The van der Waals surface area contributed by atoms with Gasteiger partial charge in [0, 0.05) is 49.2 Å². The van der Waals surface area contributed by atoms with E-state index < -0.39 is 99.8 Å². The molecule has 13 nitrogen and oxygen atoms in total. The molecule has 5 rings (SSSR count). The Bertz CT molecular complexity index is 1510. The highest BCUT2D eigenvalue weighted by Crippen LogP contribution is 2.72. The van der Waals surface area contributed by atoms with Crippen LogP contribution in [-0.2, 0) is 57.2 Å². The highest BCUT2D eigenvalue weighted by Gasteiger charge is 2.82. The van der Waals surface area contributed by atoms with Crippen LogP contribution < -0.4 is 0 Å². The number of carbonyl (C=O) groups excluding carboxylic acids is 6. The minimum Gasteiger partial charge on any atom is -0.472 e. The molecule has 4 fully saturated rings. The second-order valence-corrected chi connectivity index (χ2v) is 13.8. The van der Waals surface area contributed by atoms with Gasteiger partial charge in [0.2, 0.25) is 0 Å². The Morgan fingerprint density at radius 1 is 1.00 bits per heavy atom. The van der Waals surface area contributed by atoms with Crippen molar-refractivity contribution in [3.63, 3.8) is 0 Å². The molecule has 1 spiro atoms. The first-order valence-electron chi connectivity index (χ1n) is 15.1. The minimum atomic E-state index is -2.07. The summed E-state index contributed by atoms with van der Waals surface area (Å²) in [6.07, 6.45) is -3.29. The monoisotopic (exact) mass is 644 g/mol. The standard InChI is InChI=1S/C33H40O13/c1-16-32(45-19(4)36)15-30(7)25(20-10-11-41-14-20)44-23(38)13-33(16,30)46-27-24(42-17(2)34)26(43-18(3)35)29(5,6)21(12-22(37)40-9)31(27,8)28(32)39/h10-11,14,21,24-27H,1,12-13,15H2,2-9H3/t21-,24-,25-,26+,27-,30-,31+,32+,33-/m0/s1. The van der Waals surface area contributed by atoms with Gasteiger partial charge in [0.05, 0.1) is 37.9 Å². The SMILES string of the molecule is C=C1[C@]2(OC(C)=O)C[C@@]3(C)[C@H](c4ccoc4)OC(=O)C[C@]13O[C@H]1[C@@H](OC(C)=O)[C@@H](OC(C)=O)C(C)(C)[C@H](CC(=O)OC)[C@@]1(C)C2=O. The summed E-state index contributed by atoms with van der Waals surface area (Å²) in [5.74, 6) is -5.29. The summed E-state index contributed by atoms with van der Waals surface area (Å²) in [7, 11) is 1.20. The molecule has 13 heteroatoms. The van der Waals surface area contributed by atoms with E-state index in [1.807, 2.05) is 0 Å². The summed E-state index contributed by atoms with van der Waals surface area (Å²) in [4.78, 5) is 80.2. The second-order valence-electron chi connectivity index (χ2n) is 13.8. The summed E-state index contributed by atoms with van der Waals surface area (Å²) in [6.45, 7) is 14.5. The molecule has 9 atom stereocenters. The Hall–Kier alpha value is -4.00. The van der Waals surface area contributed by atoms with Gasteiger partial charge in [-0.15, -0.1) is 0 Å². The molecule has 0 amide bonds. The minimum absolute atomic E-state index is 0.0173. The van der Waals surface area contributed by atoms with Gasteiger partial charge < -0.3 is 32.8 Å². The number of methoxy groups -OCH3 is 1. The number of ether oxygens (including phenoxy) is 6. The van der Waals surface area contributed by atoms with E-state index in [0.717, 1.165) is 13.8 Å². The summed E-state index contributed by atoms with van der Waals surface area (Å²) < 4.78 is 41.0. The van der Waals surface area contributed by atoms with Crippen LogP contribution >= 0.6 is 0 Å². The first kappa shape index (κ1) is 33.4. The van der Waals surface area contributed by atoms with Crippen molar-refractivity contribution in [1.29, 1.82) is 0 Å². The van der Waals surface area contributed by atoms with E-state index in [2.05, 4.69) is 6.58 Å². The summed E-state index contributed by atoms with van der Waals surface area (Å²) >= 11 is 0. The molecule has 1 aromatic heterocycles. The van der Waals surface area contributed by atoms with E-state index in [1.54, 1.807) is 33.8 Å². The third-order valence-corrected chi connectivity index (χ3v) is 10.8. The second kappa shape index (κ2) is 10.8. The van der Waals surface area contributed by atoms with E-state index in [-0.39, 0.29) is 18.4 Å². The van der Waals surface area contributed by atoms with Crippen LogP contribution in [0.3, 0.4) is 0 Å². The molecule has 2 saturated carbocycles. The Labute approximate surface area is 266 Å². The maximum Gasteiger partial charge on any atom is 0.309 e. The molecule has 2 aliphatic carbocycles. The van der Waals surface area contributed by atoms with Crippen LogP contribution in [0.1, 0.15) is 79.4 Å². The fourth-order valence-electron chi connectivity index (χ4n) is 8.93. The number of hydrogen-bond acceptors (Lipinski definition) is 13. The van der Waals surface area contributed by atoms with Gasteiger partial charge in [0.15, 0.2) is 17.5 Å². The third kappa shape index (κ3) is 4.44. The van der Waals surface area contributed by atoms with E-state index in [1.165, 1.54) is 26.6 Å². The molecule has 0 radical (unpaired) electrons. The van der Waals surface area contributed by atoms with Crippen molar-refractivity contribution in [2.75, 3.05) is 7.11 Å². The number of fused-ring (bicyclic) bond motifs is 2. The molecular weight excluding hydrogens is 604 g/mol. The zero-order valence-electron chi connectivity index (χ0n) is 27.3. The fraction of sp³-hybridized carbons (Fsp3) is 0.636. The smallest absolute Gasteiger partial charge is 0.309 e. The molecule has 0 aromatic carbocycles. The van der Waals surface area contributed by atoms with Crippen LogP contribution in [0.2, 0.25) is 0 Å². The first-order valence-corrected chi connectivity index (χ1v) is 15.1. The largest absolute Gasteiger partial charge is 0.472 e. The number of rotatable bonds is 6. The zero-order chi connectivity index (χ0) is 34.2. The number of ketones is 1. The molecule has 4 aliphatic rings. The normalized spacial score (nSPS) is 39.2. The lowest BCUT2D eigenvalue weighted by atomic mass is 9.49. The van der Waals surface area contributed by atoms with Crippen LogP contribution in [0.5, 0.6) is 0 Å². The lowest BCUT2D eigenvalue weighted by Crippen LogP contribution is -2.72. The Balaban J connectivity index is 1.86. The third-order valence-electron chi connectivity index (χ3n) is 10.8. The van der Waals surface area contributed by atoms with Crippen molar-refractivity contribution >= 4 is 35.6 Å².